The molecule has 1 fully saturated rings. The van der Waals surface area contributed by atoms with Gasteiger partial charge in [0.05, 0.1) is 6.54 Å². The summed E-state index contributed by atoms with van der Waals surface area (Å²) in [5.74, 6) is 1.91. The number of amidine groups is 1. The Labute approximate surface area is 114 Å². The number of hydrogen-bond acceptors (Lipinski definition) is 2. The van der Waals surface area contributed by atoms with Crippen LogP contribution >= 0.6 is 11.8 Å². The summed E-state index contributed by atoms with van der Waals surface area (Å²) in [6.07, 6.45) is 1.23. The SMILES string of the molecule is Cc1ccc(CN=C2NC(CC(C)C)CS2)cc1. The van der Waals surface area contributed by atoms with Crippen LogP contribution < -0.4 is 5.32 Å². The van der Waals surface area contributed by atoms with Crippen LogP contribution in [-0.2, 0) is 6.54 Å². The first-order valence-corrected chi connectivity index (χ1v) is 7.61. The molecule has 0 spiro atoms. The average molecular weight is 262 g/mol. The van der Waals surface area contributed by atoms with E-state index in [1.807, 2.05) is 11.8 Å². The van der Waals surface area contributed by atoms with Gasteiger partial charge in [-0.2, -0.15) is 0 Å². The van der Waals surface area contributed by atoms with Crippen LogP contribution in [0.4, 0.5) is 0 Å². The van der Waals surface area contributed by atoms with Crippen LogP contribution in [0.25, 0.3) is 0 Å². The molecule has 1 aromatic carbocycles. The highest BCUT2D eigenvalue weighted by atomic mass is 32.2. The minimum absolute atomic E-state index is 0.603. The molecular formula is C15H22N2S. The molecule has 0 radical (unpaired) electrons. The van der Waals surface area contributed by atoms with E-state index in [9.17, 15) is 0 Å². The molecule has 0 saturated carbocycles. The van der Waals surface area contributed by atoms with E-state index in [0.29, 0.717) is 6.04 Å². The highest BCUT2D eigenvalue weighted by Gasteiger charge is 2.20. The number of aryl methyl sites for hydroxylation is 1. The Morgan fingerprint density at radius 1 is 1.33 bits per heavy atom. The zero-order valence-electron chi connectivity index (χ0n) is 11.4. The molecule has 2 nitrogen and oxygen atoms in total. The Balaban J connectivity index is 1.85. The van der Waals surface area contributed by atoms with E-state index in [0.717, 1.165) is 23.4 Å². The van der Waals surface area contributed by atoms with E-state index in [2.05, 4.69) is 55.3 Å². The molecule has 1 unspecified atom stereocenters. The number of benzene rings is 1. The topological polar surface area (TPSA) is 24.4 Å². The van der Waals surface area contributed by atoms with Crippen molar-refractivity contribution >= 4 is 16.9 Å². The van der Waals surface area contributed by atoms with Crippen molar-refractivity contribution in [3.63, 3.8) is 0 Å². The fraction of sp³-hybridized carbons (Fsp3) is 0.533. The molecule has 18 heavy (non-hydrogen) atoms. The molecule has 1 N–H and O–H groups in total. The molecular weight excluding hydrogens is 240 g/mol. The Hall–Kier alpha value is -0.960. The van der Waals surface area contributed by atoms with Crippen LogP contribution in [0.15, 0.2) is 29.3 Å². The van der Waals surface area contributed by atoms with Gasteiger partial charge in [-0.05, 0) is 24.8 Å². The smallest absolute Gasteiger partial charge is 0.157 e. The van der Waals surface area contributed by atoms with Crippen LogP contribution in [0.3, 0.4) is 0 Å². The van der Waals surface area contributed by atoms with Crippen LogP contribution in [0.1, 0.15) is 31.4 Å². The first kappa shape index (κ1) is 13.5. The summed E-state index contributed by atoms with van der Waals surface area (Å²) in [4.78, 5) is 4.65. The van der Waals surface area contributed by atoms with Gasteiger partial charge >= 0.3 is 0 Å². The fourth-order valence-corrected chi connectivity index (χ4v) is 3.07. The third-order valence-corrected chi connectivity index (χ3v) is 4.12. The van der Waals surface area contributed by atoms with Crippen LogP contribution in [-0.4, -0.2) is 17.0 Å². The van der Waals surface area contributed by atoms with Crippen molar-refractivity contribution in [1.82, 2.24) is 5.32 Å². The van der Waals surface area contributed by atoms with Crippen molar-refractivity contribution in [2.45, 2.75) is 39.8 Å². The van der Waals surface area contributed by atoms with E-state index in [1.54, 1.807) is 0 Å². The third-order valence-electron chi connectivity index (χ3n) is 3.03. The van der Waals surface area contributed by atoms with Gasteiger partial charge in [-0.15, -0.1) is 0 Å². The van der Waals surface area contributed by atoms with Crippen molar-refractivity contribution in [1.29, 1.82) is 0 Å². The Bertz CT molecular complexity index is 409. The van der Waals surface area contributed by atoms with Crippen molar-refractivity contribution in [3.8, 4) is 0 Å². The Morgan fingerprint density at radius 3 is 2.72 bits per heavy atom. The normalized spacial score (nSPS) is 21.6. The standard InChI is InChI=1S/C15H22N2S/c1-11(2)8-14-10-18-15(17-14)16-9-13-6-4-12(3)5-7-13/h4-7,11,14H,8-10H2,1-3H3,(H,16,17). The number of nitrogens with zero attached hydrogens (tertiary/aromatic N) is 1. The number of rotatable bonds is 4. The summed E-state index contributed by atoms with van der Waals surface area (Å²) in [7, 11) is 0. The van der Waals surface area contributed by atoms with Gasteiger partial charge in [0.15, 0.2) is 5.17 Å². The summed E-state index contributed by atoms with van der Waals surface area (Å²) in [6, 6.07) is 9.21. The number of hydrogen-bond donors (Lipinski definition) is 1. The van der Waals surface area contributed by atoms with Crippen LogP contribution in [0, 0.1) is 12.8 Å². The van der Waals surface area contributed by atoms with Crippen molar-refractivity contribution in [3.05, 3.63) is 35.4 Å². The maximum Gasteiger partial charge on any atom is 0.157 e. The molecule has 2 rings (SSSR count). The summed E-state index contributed by atoms with van der Waals surface area (Å²) in [6.45, 7) is 7.44. The van der Waals surface area contributed by atoms with Crippen LogP contribution in [0.5, 0.6) is 0 Å². The van der Waals surface area contributed by atoms with Crippen molar-refractivity contribution in [2.24, 2.45) is 10.9 Å². The second-order valence-electron chi connectivity index (χ2n) is 5.39. The predicted molar refractivity (Wildman–Crippen MR) is 81.2 cm³/mol. The van der Waals surface area contributed by atoms with Gasteiger partial charge in [-0.1, -0.05) is 55.4 Å². The number of thioether (sulfide) groups is 1. The molecule has 0 amide bonds. The lowest BCUT2D eigenvalue weighted by Crippen LogP contribution is -2.28. The Kier molecular flexibility index (Phi) is 4.70. The van der Waals surface area contributed by atoms with Crippen molar-refractivity contribution < 1.29 is 0 Å². The zero-order valence-corrected chi connectivity index (χ0v) is 12.3. The number of aliphatic imine (C=N–C) groups is 1. The van der Waals surface area contributed by atoms with Crippen molar-refractivity contribution in [2.75, 3.05) is 5.75 Å². The maximum atomic E-state index is 4.65. The van der Waals surface area contributed by atoms with E-state index in [4.69, 9.17) is 0 Å². The molecule has 1 heterocycles. The second kappa shape index (κ2) is 6.28. The highest BCUT2D eigenvalue weighted by molar-refractivity contribution is 8.14. The molecule has 0 aliphatic carbocycles. The van der Waals surface area contributed by atoms with Gasteiger partial charge in [-0.3, -0.25) is 4.99 Å². The second-order valence-corrected chi connectivity index (χ2v) is 6.40. The van der Waals surface area contributed by atoms with E-state index < -0.39 is 0 Å². The average Bonchev–Trinajstić information content (AvgIpc) is 2.75. The van der Waals surface area contributed by atoms with Gasteiger partial charge < -0.3 is 5.32 Å². The predicted octanol–water partition coefficient (Wildman–Crippen LogP) is 3.60. The quantitative estimate of drug-likeness (QED) is 0.896. The van der Waals surface area contributed by atoms with E-state index in [1.165, 1.54) is 17.5 Å². The van der Waals surface area contributed by atoms with Gasteiger partial charge in [0.25, 0.3) is 0 Å². The van der Waals surface area contributed by atoms with Gasteiger partial charge in [0, 0.05) is 11.8 Å². The minimum atomic E-state index is 0.603. The van der Waals surface area contributed by atoms with Gasteiger partial charge in [0.1, 0.15) is 0 Å². The summed E-state index contributed by atoms with van der Waals surface area (Å²) < 4.78 is 0. The van der Waals surface area contributed by atoms with Crippen LogP contribution in [0.2, 0.25) is 0 Å². The lowest BCUT2D eigenvalue weighted by atomic mass is 10.1. The monoisotopic (exact) mass is 262 g/mol. The molecule has 1 aliphatic heterocycles. The maximum absolute atomic E-state index is 4.65. The molecule has 0 bridgehead atoms. The van der Waals surface area contributed by atoms with Gasteiger partial charge in [-0.25, -0.2) is 0 Å². The third kappa shape index (κ3) is 4.05. The highest BCUT2D eigenvalue weighted by Crippen LogP contribution is 2.19. The van der Waals surface area contributed by atoms with E-state index in [-0.39, 0.29) is 0 Å². The zero-order chi connectivity index (χ0) is 13.0. The molecule has 1 aromatic rings. The minimum Gasteiger partial charge on any atom is -0.361 e. The largest absolute Gasteiger partial charge is 0.361 e. The first-order chi connectivity index (χ1) is 8.63. The first-order valence-electron chi connectivity index (χ1n) is 6.63. The summed E-state index contributed by atoms with van der Waals surface area (Å²) in [5, 5.41) is 4.63. The summed E-state index contributed by atoms with van der Waals surface area (Å²) >= 11 is 1.85. The van der Waals surface area contributed by atoms with E-state index >= 15 is 0 Å². The molecule has 1 saturated heterocycles. The molecule has 0 aromatic heterocycles. The molecule has 98 valence electrons. The van der Waals surface area contributed by atoms with Gasteiger partial charge in [0.2, 0.25) is 0 Å². The lowest BCUT2D eigenvalue weighted by Gasteiger charge is -2.11. The Morgan fingerprint density at radius 2 is 2.06 bits per heavy atom. The molecule has 1 aliphatic rings. The fourth-order valence-electron chi connectivity index (χ4n) is 2.08. The number of nitrogens with one attached hydrogen (secondary N) is 1. The summed E-state index contributed by atoms with van der Waals surface area (Å²) in [5.41, 5.74) is 2.58. The molecule has 3 heteroatoms. The lowest BCUT2D eigenvalue weighted by molar-refractivity contribution is 0.502. The molecule has 1 atom stereocenters.